The molecule has 0 fully saturated rings. The first-order valence-corrected chi connectivity index (χ1v) is 5.87. The van der Waals surface area contributed by atoms with Crippen LogP contribution in [-0.4, -0.2) is 30.7 Å². The van der Waals surface area contributed by atoms with Gasteiger partial charge in [0.05, 0.1) is 22.8 Å². The maximum Gasteiger partial charge on any atom is 0.323 e. The van der Waals surface area contributed by atoms with Crippen molar-refractivity contribution in [1.29, 1.82) is 0 Å². The van der Waals surface area contributed by atoms with E-state index in [0.717, 1.165) is 14.0 Å². The Bertz CT molecular complexity index is 585. The molecule has 0 aliphatic heterocycles. The maximum absolute atomic E-state index is 13.9. The van der Waals surface area contributed by atoms with E-state index in [1.165, 1.54) is 0 Å². The Morgan fingerprint density at radius 1 is 1.32 bits per heavy atom. The van der Waals surface area contributed by atoms with Crippen LogP contribution in [0.4, 0.5) is 33.7 Å². The molecule has 1 rings (SSSR count). The van der Waals surface area contributed by atoms with Crippen LogP contribution in [0.25, 0.3) is 0 Å². The number of nitro groups is 1. The Kier molecular flexibility index (Phi) is 5.63. The van der Waals surface area contributed by atoms with Crippen molar-refractivity contribution in [2.75, 3.05) is 11.9 Å². The first-order valence-electron chi connectivity index (χ1n) is 5.87. The Labute approximate surface area is 122 Å². The normalized spacial score (nSPS) is 12.1. The van der Waals surface area contributed by atoms with Gasteiger partial charge in [0.25, 0.3) is 6.55 Å². The summed E-state index contributed by atoms with van der Waals surface area (Å²) >= 11 is 0. The molecular formula is C11H12F4N4O3. The molecule has 0 spiro atoms. The quantitative estimate of drug-likeness (QED) is 0.286. The average molecular weight is 324 g/mol. The van der Waals surface area contributed by atoms with Crippen LogP contribution in [0, 0.1) is 21.7 Å². The van der Waals surface area contributed by atoms with Gasteiger partial charge in [0.15, 0.2) is 5.82 Å². The molecule has 0 bridgehead atoms. The van der Waals surface area contributed by atoms with E-state index in [1.807, 2.05) is 0 Å². The lowest BCUT2D eigenvalue weighted by Gasteiger charge is -2.29. The number of nitrogens with zero attached hydrogens (tertiary/aromatic N) is 2. The first-order chi connectivity index (χ1) is 10.2. The zero-order valence-electron chi connectivity index (χ0n) is 11.4. The minimum atomic E-state index is -3.02. The molecule has 1 aromatic rings. The summed E-state index contributed by atoms with van der Waals surface area (Å²) in [6, 6.07) is -0.338. The van der Waals surface area contributed by atoms with Crippen LogP contribution >= 0.6 is 0 Å². The van der Waals surface area contributed by atoms with Gasteiger partial charge in [0.2, 0.25) is 5.82 Å². The summed E-state index contributed by atoms with van der Waals surface area (Å²) in [7, 11) is 1.16. The number of carbonyl (C=O) groups excluding carboxylic acids is 1. The highest BCUT2D eigenvalue weighted by atomic mass is 19.3. The van der Waals surface area contributed by atoms with Gasteiger partial charge >= 0.3 is 11.7 Å². The summed E-state index contributed by atoms with van der Waals surface area (Å²) in [6.07, 6.45) is -1.41. The van der Waals surface area contributed by atoms with E-state index in [0.29, 0.717) is 11.0 Å². The molecular weight excluding hydrogens is 312 g/mol. The van der Waals surface area contributed by atoms with Crippen LogP contribution in [0.5, 0.6) is 0 Å². The number of rotatable bonds is 5. The number of nitrogens with one attached hydrogen (secondary N) is 2. The fourth-order valence-electron chi connectivity index (χ4n) is 1.72. The number of halogens is 4. The Balaban J connectivity index is 3.34. The fourth-order valence-corrected chi connectivity index (χ4v) is 1.72. The zero-order chi connectivity index (χ0) is 17.0. The molecule has 2 amide bonds. The highest BCUT2D eigenvalue weighted by Gasteiger charge is 2.29. The standard InChI is InChI=1S/C11H12F4N4O3/c1-5(17-10(14)15)18(11(20)16-2)8-3-7(13)9(19(21)22)4-6(8)12/h3-5,10,17H,1-2H3,(H,16,20). The van der Waals surface area contributed by atoms with E-state index in [4.69, 9.17) is 0 Å². The molecule has 0 heterocycles. The van der Waals surface area contributed by atoms with Crippen molar-refractivity contribution in [2.45, 2.75) is 19.6 Å². The zero-order valence-corrected chi connectivity index (χ0v) is 11.4. The number of hydrogen-bond acceptors (Lipinski definition) is 4. The summed E-state index contributed by atoms with van der Waals surface area (Å²) in [5, 5.41) is 14.2. The van der Waals surface area contributed by atoms with Crippen molar-refractivity contribution >= 4 is 17.4 Å². The smallest absolute Gasteiger partial charge is 0.323 e. The number of alkyl halides is 2. The van der Waals surface area contributed by atoms with Gasteiger partial charge in [-0.15, -0.1) is 0 Å². The predicted molar refractivity (Wildman–Crippen MR) is 68.5 cm³/mol. The van der Waals surface area contributed by atoms with Crippen LogP contribution in [0.2, 0.25) is 0 Å². The number of urea groups is 1. The van der Waals surface area contributed by atoms with Crippen molar-refractivity contribution in [2.24, 2.45) is 0 Å². The van der Waals surface area contributed by atoms with Gasteiger partial charge in [-0.25, -0.2) is 14.5 Å². The molecule has 7 nitrogen and oxygen atoms in total. The molecule has 0 aliphatic carbocycles. The molecule has 1 aromatic carbocycles. The molecule has 2 N–H and O–H groups in total. The molecule has 22 heavy (non-hydrogen) atoms. The van der Waals surface area contributed by atoms with E-state index >= 15 is 0 Å². The van der Waals surface area contributed by atoms with Gasteiger partial charge in [-0.2, -0.15) is 13.2 Å². The van der Waals surface area contributed by atoms with Gasteiger partial charge in [0.1, 0.15) is 0 Å². The lowest BCUT2D eigenvalue weighted by molar-refractivity contribution is -0.387. The lowest BCUT2D eigenvalue weighted by atomic mass is 10.2. The molecule has 1 unspecified atom stereocenters. The monoisotopic (exact) mass is 324 g/mol. The second-order valence-electron chi connectivity index (χ2n) is 4.08. The fraction of sp³-hybridized carbons (Fsp3) is 0.364. The predicted octanol–water partition coefficient (Wildman–Crippen LogP) is 2.18. The van der Waals surface area contributed by atoms with Crippen molar-refractivity contribution in [3.63, 3.8) is 0 Å². The van der Waals surface area contributed by atoms with Crippen LogP contribution in [-0.2, 0) is 0 Å². The number of hydrogen-bond donors (Lipinski definition) is 2. The molecule has 0 radical (unpaired) electrons. The van der Waals surface area contributed by atoms with Crippen LogP contribution in [0.1, 0.15) is 6.92 Å². The minimum Gasteiger partial charge on any atom is -0.341 e. The SMILES string of the molecule is CNC(=O)N(c1cc(F)c([N+](=O)[O-])cc1F)C(C)NC(F)F. The second kappa shape index (κ2) is 7.02. The van der Waals surface area contributed by atoms with E-state index in [2.05, 4.69) is 5.32 Å². The van der Waals surface area contributed by atoms with Crippen LogP contribution in [0.15, 0.2) is 12.1 Å². The number of amides is 2. The van der Waals surface area contributed by atoms with Crippen molar-refractivity contribution in [3.8, 4) is 0 Å². The van der Waals surface area contributed by atoms with Gasteiger partial charge in [-0.05, 0) is 6.92 Å². The first kappa shape index (κ1) is 17.6. The van der Waals surface area contributed by atoms with Crippen LogP contribution < -0.4 is 15.5 Å². The summed E-state index contributed by atoms with van der Waals surface area (Å²) in [5.41, 5.74) is -1.85. The molecule has 0 saturated carbocycles. The van der Waals surface area contributed by atoms with Gasteiger partial charge in [-0.1, -0.05) is 0 Å². The van der Waals surface area contributed by atoms with E-state index in [-0.39, 0.29) is 6.07 Å². The van der Waals surface area contributed by atoms with Gasteiger partial charge in [0, 0.05) is 13.1 Å². The summed E-state index contributed by atoms with van der Waals surface area (Å²) in [5.74, 6) is -2.71. The maximum atomic E-state index is 13.9. The third-order valence-electron chi connectivity index (χ3n) is 2.66. The topological polar surface area (TPSA) is 87.5 Å². The number of nitro benzene ring substituents is 1. The Morgan fingerprint density at radius 3 is 2.36 bits per heavy atom. The molecule has 0 aliphatic rings. The Morgan fingerprint density at radius 2 is 1.91 bits per heavy atom. The lowest BCUT2D eigenvalue weighted by Crippen LogP contribution is -2.52. The van der Waals surface area contributed by atoms with Crippen molar-refractivity contribution in [3.05, 3.63) is 33.9 Å². The molecule has 122 valence electrons. The molecule has 0 aromatic heterocycles. The number of carbonyl (C=O) groups is 1. The largest absolute Gasteiger partial charge is 0.341 e. The van der Waals surface area contributed by atoms with Crippen LogP contribution in [0.3, 0.4) is 0 Å². The third-order valence-corrected chi connectivity index (χ3v) is 2.66. The highest BCUT2D eigenvalue weighted by molar-refractivity contribution is 5.92. The average Bonchev–Trinajstić information content (AvgIpc) is 2.41. The summed E-state index contributed by atoms with van der Waals surface area (Å²) < 4.78 is 52.2. The highest BCUT2D eigenvalue weighted by Crippen LogP contribution is 2.28. The molecule has 1 atom stereocenters. The van der Waals surface area contributed by atoms with Gasteiger partial charge in [-0.3, -0.25) is 15.0 Å². The van der Waals surface area contributed by atoms with Crippen molar-refractivity contribution in [1.82, 2.24) is 10.6 Å². The molecule has 11 heteroatoms. The Hall–Kier alpha value is -2.43. The van der Waals surface area contributed by atoms with Gasteiger partial charge < -0.3 is 5.32 Å². The second-order valence-corrected chi connectivity index (χ2v) is 4.08. The number of anilines is 1. The summed E-state index contributed by atoms with van der Waals surface area (Å²) in [4.78, 5) is 21.6. The van der Waals surface area contributed by atoms with E-state index < -0.39 is 46.7 Å². The number of benzene rings is 1. The third kappa shape index (κ3) is 3.81. The van der Waals surface area contributed by atoms with Crippen molar-refractivity contribution < 1.29 is 27.3 Å². The van der Waals surface area contributed by atoms with E-state index in [1.54, 1.807) is 5.32 Å². The summed E-state index contributed by atoms with van der Waals surface area (Å²) in [6.45, 7) is -1.91. The van der Waals surface area contributed by atoms with E-state index in [9.17, 15) is 32.5 Å². The molecule has 0 saturated heterocycles. The minimum absolute atomic E-state index is 0.274.